The summed E-state index contributed by atoms with van der Waals surface area (Å²) >= 11 is 5.99. The van der Waals surface area contributed by atoms with Gasteiger partial charge in [-0.3, -0.25) is 4.79 Å². The molecule has 0 aromatic heterocycles. The summed E-state index contributed by atoms with van der Waals surface area (Å²) in [6.45, 7) is 1.50. The number of nitrogens with one attached hydrogen (secondary N) is 2. The zero-order valence-corrected chi connectivity index (χ0v) is 12.4. The van der Waals surface area contributed by atoms with Gasteiger partial charge in [-0.05, 0) is 42.8 Å². The van der Waals surface area contributed by atoms with Crippen molar-refractivity contribution in [2.24, 2.45) is 0 Å². The fraction of sp³-hybridized carbons (Fsp3) is 0.188. The summed E-state index contributed by atoms with van der Waals surface area (Å²) in [4.78, 5) is 11.2. The van der Waals surface area contributed by atoms with E-state index in [0.717, 1.165) is 11.3 Å². The lowest BCUT2D eigenvalue weighted by Crippen LogP contribution is -2.15. The molecule has 2 rings (SSSR count). The van der Waals surface area contributed by atoms with Gasteiger partial charge in [0.2, 0.25) is 5.91 Å². The highest BCUT2D eigenvalue weighted by Crippen LogP contribution is 2.23. The molecule has 0 radical (unpaired) electrons. The van der Waals surface area contributed by atoms with Crippen molar-refractivity contribution in [2.75, 3.05) is 17.2 Å². The van der Waals surface area contributed by atoms with Crippen LogP contribution in [0, 0.1) is 0 Å². The normalized spacial score (nSPS) is 11.8. The molecule has 3 N–H and O–H groups in total. The number of rotatable bonds is 5. The van der Waals surface area contributed by atoms with Gasteiger partial charge in [0.15, 0.2) is 0 Å². The van der Waals surface area contributed by atoms with Crippen LogP contribution in [0.25, 0.3) is 0 Å². The lowest BCUT2D eigenvalue weighted by Gasteiger charge is -2.16. The molecule has 2 aromatic rings. The molecule has 0 heterocycles. The highest BCUT2D eigenvalue weighted by molar-refractivity contribution is 6.30. The molecule has 0 saturated heterocycles. The van der Waals surface area contributed by atoms with E-state index in [4.69, 9.17) is 16.7 Å². The predicted molar refractivity (Wildman–Crippen MR) is 85.6 cm³/mol. The van der Waals surface area contributed by atoms with Gasteiger partial charge in [0, 0.05) is 22.4 Å². The third-order valence-corrected chi connectivity index (χ3v) is 3.26. The lowest BCUT2D eigenvalue weighted by molar-refractivity contribution is -0.118. The fourth-order valence-corrected chi connectivity index (χ4v) is 2.20. The molecule has 1 atom stereocenters. The van der Waals surface area contributed by atoms with Crippen LogP contribution in [0.5, 0.6) is 0 Å². The van der Waals surface area contributed by atoms with E-state index in [1.807, 2.05) is 49.4 Å². The highest BCUT2D eigenvalue weighted by Gasteiger charge is 2.07. The SMILES string of the molecule is CC(Nc1cccc(NC(=O)CO)c1)c1cccc(Cl)c1. The number of aliphatic hydroxyl groups excluding tert-OH is 1. The number of hydrogen-bond acceptors (Lipinski definition) is 3. The topological polar surface area (TPSA) is 61.4 Å². The Kier molecular flexibility index (Phi) is 5.20. The molecule has 0 aliphatic rings. The molecule has 0 bridgehead atoms. The van der Waals surface area contributed by atoms with Crippen molar-refractivity contribution in [1.82, 2.24) is 0 Å². The molecule has 0 spiro atoms. The molecule has 0 aliphatic heterocycles. The van der Waals surface area contributed by atoms with Gasteiger partial charge in [-0.15, -0.1) is 0 Å². The second-order valence-corrected chi connectivity index (χ2v) is 5.14. The average Bonchev–Trinajstić information content (AvgIpc) is 2.47. The first-order valence-corrected chi connectivity index (χ1v) is 6.99. The molecular formula is C16H17ClN2O2. The van der Waals surface area contributed by atoms with Gasteiger partial charge in [0.25, 0.3) is 0 Å². The second kappa shape index (κ2) is 7.11. The molecular weight excluding hydrogens is 288 g/mol. The Hall–Kier alpha value is -2.04. The molecule has 0 saturated carbocycles. The van der Waals surface area contributed by atoms with Gasteiger partial charge in [-0.25, -0.2) is 0 Å². The van der Waals surface area contributed by atoms with Gasteiger partial charge < -0.3 is 15.7 Å². The van der Waals surface area contributed by atoms with E-state index in [1.165, 1.54) is 0 Å². The molecule has 21 heavy (non-hydrogen) atoms. The second-order valence-electron chi connectivity index (χ2n) is 4.71. The van der Waals surface area contributed by atoms with Crippen LogP contribution < -0.4 is 10.6 Å². The van der Waals surface area contributed by atoms with Gasteiger partial charge in [-0.2, -0.15) is 0 Å². The maximum Gasteiger partial charge on any atom is 0.250 e. The molecule has 4 nitrogen and oxygen atoms in total. The maximum atomic E-state index is 11.2. The van der Waals surface area contributed by atoms with Crippen LogP contribution in [-0.2, 0) is 4.79 Å². The first-order chi connectivity index (χ1) is 10.1. The van der Waals surface area contributed by atoms with Crippen molar-refractivity contribution in [1.29, 1.82) is 0 Å². The summed E-state index contributed by atoms with van der Waals surface area (Å²) in [7, 11) is 0. The van der Waals surface area contributed by atoms with Crippen molar-refractivity contribution in [3.05, 3.63) is 59.1 Å². The van der Waals surface area contributed by atoms with Crippen LogP contribution in [-0.4, -0.2) is 17.6 Å². The first kappa shape index (κ1) is 15.4. The number of halogens is 1. The minimum atomic E-state index is -0.531. The van der Waals surface area contributed by atoms with Crippen LogP contribution >= 0.6 is 11.6 Å². The van der Waals surface area contributed by atoms with Crippen molar-refractivity contribution in [2.45, 2.75) is 13.0 Å². The number of carbonyl (C=O) groups excluding carboxylic acids is 1. The third kappa shape index (κ3) is 4.48. The summed E-state index contributed by atoms with van der Waals surface area (Å²) in [5.41, 5.74) is 2.59. The van der Waals surface area contributed by atoms with Crippen LogP contribution in [0.2, 0.25) is 5.02 Å². The zero-order valence-electron chi connectivity index (χ0n) is 11.6. The number of aliphatic hydroxyl groups is 1. The summed E-state index contributed by atoms with van der Waals surface area (Å²) in [6.07, 6.45) is 0. The van der Waals surface area contributed by atoms with Gasteiger partial charge in [0.1, 0.15) is 6.61 Å². The molecule has 110 valence electrons. The molecule has 1 amide bonds. The number of hydrogen-bond donors (Lipinski definition) is 3. The minimum Gasteiger partial charge on any atom is -0.387 e. The predicted octanol–water partition coefficient (Wildman–Crippen LogP) is 3.44. The summed E-state index contributed by atoms with van der Waals surface area (Å²) in [5.74, 6) is -0.435. The molecule has 1 unspecified atom stereocenters. The third-order valence-electron chi connectivity index (χ3n) is 3.02. The summed E-state index contributed by atoms with van der Waals surface area (Å²) in [5, 5.41) is 15.4. The Bertz CT molecular complexity index is 631. The zero-order chi connectivity index (χ0) is 15.2. The molecule has 0 aliphatic carbocycles. The van der Waals surface area contributed by atoms with Crippen LogP contribution in [0.15, 0.2) is 48.5 Å². The van der Waals surface area contributed by atoms with E-state index in [1.54, 1.807) is 6.07 Å². The summed E-state index contributed by atoms with van der Waals surface area (Å²) in [6, 6.07) is 15.1. The highest BCUT2D eigenvalue weighted by atomic mass is 35.5. The fourth-order valence-electron chi connectivity index (χ4n) is 2.00. The maximum absolute atomic E-state index is 11.2. The molecule has 2 aromatic carbocycles. The monoisotopic (exact) mass is 304 g/mol. The van der Waals surface area contributed by atoms with Crippen molar-refractivity contribution >= 4 is 28.9 Å². The van der Waals surface area contributed by atoms with Crippen molar-refractivity contribution < 1.29 is 9.90 Å². The first-order valence-electron chi connectivity index (χ1n) is 6.61. The van der Waals surface area contributed by atoms with Crippen molar-refractivity contribution in [3.8, 4) is 0 Å². The number of benzene rings is 2. The Balaban J connectivity index is 2.08. The van der Waals surface area contributed by atoms with Gasteiger partial charge in [0.05, 0.1) is 0 Å². The Morgan fingerprint density at radius 3 is 2.62 bits per heavy atom. The quantitative estimate of drug-likeness (QED) is 0.793. The molecule has 0 fully saturated rings. The smallest absolute Gasteiger partial charge is 0.250 e. The van der Waals surface area contributed by atoms with Crippen LogP contribution in [0.4, 0.5) is 11.4 Å². The van der Waals surface area contributed by atoms with E-state index in [2.05, 4.69) is 10.6 Å². The largest absolute Gasteiger partial charge is 0.387 e. The van der Waals surface area contributed by atoms with Gasteiger partial charge in [-0.1, -0.05) is 29.8 Å². The Morgan fingerprint density at radius 2 is 1.90 bits per heavy atom. The van der Waals surface area contributed by atoms with E-state index < -0.39 is 12.5 Å². The number of carbonyl (C=O) groups is 1. The minimum absolute atomic E-state index is 0.0764. The standard InChI is InChI=1S/C16H17ClN2O2/c1-11(12-4-2-5-13(17)8-12)18-14-6-3-7-15(9-14)19-16(21)10-20/h2-9,11,18,20H,10H2,1H3,(H,19,21). The lowest BCUT2D eigenvalue weighted by atomic mass is 10.1. The number of anilines is 2. The Morgan fingerprint density at radius 1 is 1.19 bits per heavy atom. The van der Waals surface area contributed by atoms with Gasteiger partial charge >= 0.3 is 0 Å². The molecule has 5 heteroatoms. The number of amides is 1. The summed E-state index contributed by atoms with van der Waals surface area (Å²) < 4.78 is 0. The van der Waals surface area contributed by atoms with E-state index in [0.29, 0.717) is 10.7 Å². The van der Waals surface area contributed by atoms with Crippen LogP contribution in [0.1, 0.15) is 18.5 Å². The van der Waals surface area contributed by atoms with E-state index >= 15 is 0 Å². The van der Waals surface area contributed by atoms with Crippen molar-refractivity contribution in [3.63, 3.8) is 0 Å². The van der Waals surface area contributed by atoms with E-state index in [-0.39, 0.29) is 6.04 Å². The van der Waals surface area contributed by atoms with Crippen LogP contribution in [0.3, 0.4) is 0 Å². The van der Waals surface area contributed by atoms with E-state index in [9.17, 15) is 4.79 Å². The Labute approximate surface area is 128 Å². The average molecular weight is 305 g/mol.